The zero-order valence-corrected chi connectivity index (χ0v) is 33.7. The van der Waals surface area contributed by atoms with Crippen molar-refractivity contribution >= 4 is 58.2 Å². The number of carbonyl (C=O) groups excluding carboxylic acids is 5. The molecule has 1 unspecified atom stereocenters. The van der Waals surface area contributed by atoms with Crippen molar-refractivity contribution in [1.82, 2.24) is 20.0 Å². The fraction of sp³-hybridized carbons (Fsp3) is 0.467. The number of piperazine rings is 1. The van der Waals surface area contributed by atoms with Gasteiger partial charge in [0.1, 0.15) is 12.1 Å². The first-order valence-electron chi connectivity index (χ1n) is 21.0. The van der Waals surface area contributed by atoms with Crippen LogP contribution in [0.4, 0.5) is 17.1 Å². The standard InChI is InChI=1S/C45H47ClN8O5/c46-38-23-33(6-3-29(38)24-47)51-20-15-45(27-51)13-18-50(19-14-45)30-4-1-28(2-5-30)42(57)53-26-34-21-35(53)25-52(34)31-11-16-49(17-12-31)32-7-8-36-37(22-32)44(59)54(43(36)58)39-9-10-40(55)48-41(39)56/h1-8,22-23,31,34-35,39H,9-21,25-27H2,(H,48,55,56)/t34-,35-,39?/m1/s1. The minimum absolute atomic E-state index is 0.0905. The lowest BCUT2D eigenvalue weighted by Crippen LogP contribution is -2.54. The molecule has 0 aliphatic carbocycles. The van der Waals surface area contributed by atoms with Gasteiger partial charge in [-0.25, -0.2) is 0 Å². The molecule has 7 heterocycles. The van der Waals surface area contributed by atoms with Crippen LogP contribution in [0.1, 0.15) is 88.0 Å². The van der Waals surface area contributed by atoms with Gasteiger partial charge in [-0.05, 0) is 111 Å². The summed E-state index contributed by atoms with van der Waals surface area (Å²) in [4.78, 5) is 77.3. The number of nitriles is 1. The molecule has 0 radical (unpaired) electrons. The monoisotopic (exact) mass is 814 g/mol. The number of nitrogens with zero attached hydrogens (tertiary/aromatic N) is 7. The Labute approximate surface area is 348 Å². The normalized spacial score (nSPS) is 25.6. The minimum atomic E-state index is -0.977. The maximum Gasteiger partial charge on any atom is 0.262 e. The average Bonchev–Trinajstić information content (AvgIpc) is 4.04. The highest BCUT2D eigenvalue weighted by Crippen LogP contribution is 2.44. The summed E-state index contributed by atoms with van der Waals surface area (Å²) in [5.41, 5.74) is 5.28. The van der Waals surface area contributed by atoms with Gasteiger partial charge in [0, 0.05) is 99.5 Å². The Morgan fingerprint density at radius 3 is 2.07 bits per heavy atom. The highest BCUT2D eigenvalue weighted by molar-refractivity contribution is 6.32. The molecule has 7 aliphatic rings. The fourth-order valence-electron chi connectivity index (χ4n) is 11.1. The predicted octanol–water partition coefficient (Wildman–Crippen LogP) is 4.68. The molecule has 10 rings (SSSR count). The van der Waals surface area contributed by atoms with E-state index in [0.29, 0.717) is 33.8 Å². The van der Waals surface area contributed by atoms with E-state index in [1.54, 1.807) is 12.1 Å². The van der Waals surface area contributed by atoms with Gasteiger partial charge in [0.25, 0.3) is 17.7 Å². The van der Waals surface area contributed by atoms with E-state index in [0.717, 1.165) is 113 Å². The van der Waals surface area contributed by atoms with Gasteiger partial charge in [-0.2, -0.15) is 5.26 Å². The smallest absolute Gasteiger partial charge is 0.262 e. The molecule has 7 aliphatic heterocycles. The summed E-state index contributed by atoms with van der Waals surface area (Å²) in [5, 5.41) is 12.0. The van der Waals surface area contributed by atoms with Crippen LogP contribution in [0.3, 0.4) is 0 Å². The van der Waals surface area contributed by atoms with Crippen molar-refractivity contribution in [2.75, 3.05) is 67.1 Å². The van der Waals surface area contributed by atoms with Crippen molar-refractivity contribution in [3.8, 4) is 6.07 Å². The number of fused-ring (bicyclic) bond motifs is 3. The molecule has 1 spiro atoms. The molecule has 5 amide bonds. The van der Waals surface area contributed by atoms with Crippen LogP contribution in [0.2, 0.25) is 5.02 Å². The summed E-state index contributed by atoms with van der Waals surface area (Å²) in [6.07, 6.45) is 6.54. The van der Waals surface area contributed by atoms with Crippen molar-refractivity contribution in [2.24, 2.45) is 5.41 Å². The summed E-state index contributed by atoms with van der Waals surface area (Å²) in [6.45, 7) is 7.23. The molecule has 13 nitrogen and oxygen atoms in total. The van der Waals surface area contributed by atoms with E-state index in [4.69, 9.17) is 11.6 Å². The molecule has 3 aromatic rings. The maximum absolute atomic E-state index is 13.8. The van der Waals surface area contributed by atoms with E-state index in [9.17, 15) is 29.2 Å². The van der Waals surface area contributed by atoms with Crippen LogP contribution in [0.15, 0.2) is 60.7 Å². The number of halogens is 1. The SMILES string of the molecule is N#Cc1ccc(N2CCC3(CCN(c4ccc(C(=O)N5C[C@H]6C[C@@H]5CN6C5CCN(c6ccc7c(c6)C(=O)N(C6CCC(=O)NC6=O)C7=O)CC5)cc4)CC3)C2)cc1Cl. The molecular formula is C45H47ClN8O5. The minimum Gasteiger partial charge on any atom is -0.371 e. The Balaban J connectivity index is 0.702. The highest BCUT2D eigenvalue weighted by atomic mass is 35.5. The summed E-state index contributed by atoms with van der Waals surface area (Å²) < 4.78 is 0. The third-order valence-electron chi connectivity index (χ3n) is 14.4. The van der Waals surface area contributed by atoms with Crippen LogP contribution in [0.25, 0.3) is 0 Å². The molecule has 0 saturated carbocycles. The van der Waals surface area contributed by atoms with Gasteiger partial charge in [-0.3, -0.25) is 39.1 Å². The number of hydrogen-bond donors (Lipinski definition) is 1. The quantitative estimate of drug-likeness (QED) is 0.349. The van der Waals surface area contributed by atoms with E-state index in [-0.39, 0.29) is 30.2 Å². The largest absolute Gasteiger partial charge is 0.371 e. The second kappa shape index (κ2) is 14.7. The van der Waals surface area contributed by atoms with E-state index in [1.165, 1.54) is 5.69 Å². The van der Waals surface area contributed by atoms with Crippen LogP contribution in [0.5, 0.6) is 0 Å². The van der Waals surface area contributed by atoms with Gasteiger partial charge in [0.2, 0.25) is 11.8 Å². The fourth-order valence-corrected chi connectivity index (χ4v) is 11.3. The molecule has 6 fully saturated rings. The molecule has 6 saturated heterocycles. The number of amides is 5. The second-order valence-electron chi connectivity index (χ2n) is 17.6. The molecule has 0 aromatic heterocycles. The van der Waals surface area contributed by atoms with Gasteiger partial charge < -0.3 is 19.6 Å². The molecule has 304 valence electrons. The van der Waals surface area contributed by atoms with E-state index < -0.39 is 29.7 Å². The predicted molar refractivity (Wildman–Crippen MR) is 222 cm³/mol. The van der Waals surface area contributed by atoms with Gasteiger partial charge in [-0.15, -0.1) is 0 Å². The zero-order valence-electron chi connectivity index (χ0n) is 32.9. The first kappa shape index (κ1) is 37.8. The average molecular weight is 815 g/mol. The summed E-state index contributed by atoms with van der Waals surface area (Å²) >= 11 is 6.34. The topological polar surface area (TPSA) is 141 Å². The maximum atomic E-state index is 13.8. The molecule has 2 bridgehead atoms. The van der Waals surface area contributed by atoms with Gasteiger partial charge in [0.15, 0.2) is 0 Å². The van der Waals surface area contributed by atoms with Crippen molar-refractivity contribution < 1.29 is 24.0 Å². The van der Waals surface area contributed by atoms with Crippen LogP contribution >= 0.6 is 11.6 Å². The summed E-state index contributed by atoms with van der Waals surface area (Å²) in [7, 11) is 0. The lowest BCUT2D eigenvalue weighted by atomic mass is 9.77. The number of imide groups is 2. The van der Waals surface area contributed by atoms with Crippen molar-refractivity contribution in [1.29, 1.82) is 5.26 Å². The van der Waals surface area contributed by atoms with Crippen LogP contribution in [-0.2, 0) is 9.59 Å². The van der Waals surface area contributed by atoms with Crippen LogP contribution < -0.4 is 20.0 Å². The number of likely N-dealkylation sites (tertiary alicyclic amines) is 2. The number of hydrogen-bond acceptors (Lipinski definition) is 10. The van der Waals surface area contributed by atoms with E-state index >= 15 is 0 Å². The molecule has 3 aromatic carbocycles. The zero-order chi connectivity index (χ0) is 40.6. The van der Waals surface area contributed by atoms with Crippen LogP contribution in [-0.4, -0.2) is 121 Å². The number of rotatable bonds is 6. The first-order chi connectivity index (χ1) is 28.6. The molecule has 59 heavy (non-hydrogen) atoms. The second-order valence-corrected chi connectivity index (χ2v) is 18.0. The summed E-state index contributed by atoms with van der Waals surface area (Å²) in [6, 6.07) is 21.5. The van der Waals surface area contributed by atoms with E-state index in [1.807, 2.05) is 36.4 Å². The number of carbonyl (C=O) groups is 5. The Morgan fingerprint density at radius 1 is 0.729 bits per heavy atom. The third-order valence-corrected chi connectivity index (χ3v) is 14.8. The molecular weight excluding hydrogens is 768 g/mol. The summed E-state index contributed by atoms with van der Waals surface area (Å²) in [5.74, 6) is -1.86. The van der Waals surface area contributed by atoms with E-state index in [2.05, 4.69) is 48.0 Å². The Kier molecular flexibility index (Phi) is 9.40. The molecule has 1 N–H and O–H groups in total. The van der Waals surface area contributed by atoms with Crippen molar-refractivity contribution in [3.05, 3.63) is 87.9 Å². The third kappa shape index (κ3) is 6.61. The highest BCUT2D eigenvalue weighted by Gasteiger charge is 2.49. The number of nitrogens with one attached hydrogen (secondary N) is 1. The Morgan fingerprint density at radius 2 is 1.39 bits per heavy atom. The van der Waals surface area contributed by atoms with Gasteiger partial charge in [0.05, 0.1) is 21.7 Å². The van der Waals surface area contributed by atoms with Crippen molar-refractivity contribution in [3.63, 3.8) is 0 Å². The molecule has 14 heteroatoms. The Hall–Kier alpha value is -5.45. The van der Waals surface area contributed by atoms with Gasteiger partial charge in [-0.1, -0.05) is 11.6 Å². The van der Waals surface area contributed by atoms with Crippen molar-refractivity contribution in [2.45, 2.75) is 75.5 Å². The Bertz CT molecular complexity index is 2300. The number of anilines is 3. The number of benzene rings is 3. The van der Waals surface area contributed by atoms with Crippen LogP contribution in [0, 0.1) is 16.7 Å². The van der Waals surface area contributed by atoms with Gasteiger partial charge >= 0.3 is 0 Å². The first-order valence-corrected chi connectivity index (χ1v) is 21.4. The number of piperidine rings is 3. The lowest BCUT2D eigenvalue weighted by molar-refractivity contribution is -0.136. The lowest BCUT2D eigenvalue weighted by Gasteiger charge is -2.43. The molecule has 3 atom stereocenters.